The summed E-state index contributed by atoms with van der Waals surface area (Å²) in [5, 5.41) is 3.16. The van der Waals surface area contributed by atoms with Crippen LogP contribution in [-0.4, -0.2) is 68.9 Å². The van der Waals surface area contributed by atoms with Crippen LogP contribution in [0.1, 0.15) is 43.2 Å². The number of likely N-dealkylation sites (tertiary alicyclic amines) is 1. The summed E-state index contributed by atoms with van der Waals surface area (Å²) < 4.78 is 27.8. The van der Waals surface area contributed by atoms with E-state index in [-0.39, 0.29) is 11.7 Å². The zero-order valence-corrected chi connectivity index (χ0v) is 20.3. The van der Waals surface area contributed by atoms with Crippen molar-refractivity contribution < 1.29 is 13.9 Å². The van der Waals surface area contributed by atoms with Crippen LogP contribution in [-0.2, 0) is 16.0 Å². The highest BCUT2D eigenvalue weighted by Crippen LogP contribution is 2.31. The Morgan fingerprint density at radius 1 is 1.11 bits per heavy atom. The molecule has 0 aromatic carbocycles. The molecule has 1 N–H and O–H groups in total. The molecule has 9 nitrogen and oxygen atoms in total. The van der Waals surface area contributed by atoms with Crippen LogP contribution in [0.2, 0.25) is 0 Å². The number of nitrogens with zero attached hydrogens (tertiary/aromatic N) is 6. The van der Waals surface area contributed by atoms with E-state index < -0.39 is 5.82 Å². The van der Waals surface area contributed by atoms with Crippen molar-refractivity contribution in [2.24, 2.45) is 0 Å². The Hall–Kier alpha value is -2.95. The van der Waals surface area contributed by atoms with Crippen LogP contribution in [0.5, 0.6) is 0 Å². The van der Waals surface area contributed by atoms with Gasteiger partial charge in [-0.2, -0.15) is 0 Å². The third-order valence-electron chi connectivity index (χ3n) is 6.83. The number of halogens is 1. The minimum atomic E-state index is -0.478. The third kappa shape index (κ3) is 5.34. The lowest BCUT2D eigenvalue weighted by molar-refractivity contribution is 0.0694. The van der Waals surface area contributed by atoms with Crippen LogP contribution in [0.4, 0.5) is 16.0 Å². The number of aryl methyl sites for hydroxylation is 1. The van der Waals surface area contributed by atoms with Crippen molar-refractivity contribution in [1.29, 1.82) is 0 Å². The van der Waals surface area contributed by atoms with Crippen molar-refractivity contribution in [1.82, 2.24) is 29.4 Å². The Morgan fingerprint density at radius 2 is 1.97 bits per heavy atom. The van der Waals surface area contributed by atoms with Gasteiger partial charge in [0, 0.05) is 39.0 Å². The van der Waals surface area contributed by atoms with Crippen molar-refractivity contribution in [2.45, 2.75) is 51.2 Å². The fourth-order valence-electron chi connectivity index (χ4n) is 5.05. The van der Waals surface area contributed by atoms with Crippen molar-refractivity contribution in [3.8, 4) is 11.4 Å². The predicted octanol–water partition coefficient (Wildman–Crippen LogP) is 3.89. The second-order valence-corrected chi connectivity index (χ2v) is 9.18. The summed E-state index contributed by atoms with van der Waals surface area (Å²) in [5.41, 5.74) is 2.63. The number of rotatable bonds is 8. The second-order valence-electron chi connectivity index (χ2n) is 9.18. The highest BCUT2D eigenvalue weighted by Gasteiger charge is 2.25. The first-order valence-electron chi connectivity index (χ1n) is 12.2. The van der Waals surface area contributed by atoms with Gasteiger partial charge >= 0.3 is 0 Å². The number of hydrogen-bond donors (Lipinski definition) is 1. The molecule has 0 bridgehead atoms. The van der Waals surface area contributed by atoms with E-state index in [0.717, 1.165) is 56.2 Å². The summed E-state index contributed by atoms with van der Waals surface area (Å²) in [7, 11) is 1.75. The number of ether oxygens (including phenoxy) is 2. The van der Waals surface area contributed by atoms with Gasteiger partial charge in [0.15, 0.2) is 5.82 Å². The maximum atomic E-state index is 14.8. The molecule has 0 radical (unpaired) electrons. The van der Waals surface area contributed by atoms with Gasteiger partial charge in [-0.25, -0.2) is 19.3 Å². The Bertz CT molecular complexity index is 1130. The van der Waals surface area contributed by atoms with E-state index in [0.29, 0.717) is 30.9 Å². The molecule has 186 valence electrons. The highest BCUT2D eigenvalue weighted by atomic mass is 19.1. The summed E-state index contributed by atoms with van der Waals surface area (Å²) in [6, 6.07) is 4.61. The fourth-order valence-corrected chi connectivity index (χ4v) is 5.05. The SMILES string of the molecule is COC[C@@H]1CCCN1Cc1ccc(Nc2ncc(F)c(-c3cnc(C)n3C3CCOCC3)n2)cn1. The molecule has 0 aliphatic carbocycles. The zero-order chi connectivity index (χ0) is 24.2. The van der Waals surface area contributed by atoms with Crippen molar-refractivity contribution in [2.75, 3.05) is 38.8 Å². The maximum absolute atomic E-state index is 14.8. The second kappa shape index (κ2) is 10.8. The lowest BCUT2D eigenvalue weighted by Crippen LogP contribution is -2.32. The first kappa shape index (κ1) is 23.8. The van der Waals surface area contributed by atoms with E-state index in [4.69, 9.17) is 9.47 Å². The Morgan fingerprint density at radius 3 is 2.74 bits per heavy atom. The molecule has 35 heavy (non-hydrogen) atoms. The number of hydrogen-bond acceptors (Lipinski definition) is 8. The number of methoxy groups -OCH3 is 1. The lowest BCUT2D eigenvalue weighted by Gasteiger charge is -2.26. The molecule has 5 heterocycles. The van der Waals surface area contributed by atoms with Crippen LogP contribution < -0.4 is 5.32 Å². The molecule has 0 amide bonds. The molecule has 2 fully saturated rings. The first-order valence-corrected chi connectivity index (χ1v) is 12.2. The van der Waals surface area contributed by atoms with Gasteiger partial charge in [0.05, 0.1) is 42.3 Å². The van der Waals surface area contributed by atoms with E-state index in [1.54, 1.807) is 19.5 Å². The smallest absolute Gasteiger partial charge is 0.228 e. The quantitative estimate of drug-likeness (QED) is 0.518. The molecule has 10 heteroatoms. The average Bonchev–Trinajstić information content (AvgIpc) is 3.48. The fraction of sp³-hybridized carbons (Fsp3) is 0.520. The van der Waals surface area contributed by atoms with Crippen LogP contribution in [0.15, 0.2) is 30.7 Å². The molecule has 2 aliphatic rings. The average molecular weight is 482 g/mol. The van der Waals surface area contributed by atoms with Crippen molar-refractivity contribution >= 4 is 11.6 Å². The van der Waals surface area contributed by atoms with Gasteiger partial charge in [-0.3, -0.25) is 9.88 Å². The molecule has 3 aromatic heterocycles. The molecule has 0 saturated carbocycles. The molecular weight excluding hydrogens is 449 g/mol. The molecule has 1 atom stereocenters. The first-order chi connectivity index (χ1) is 17.1. The van der Waals surface area contributed by atoms with Gasteiger partial charge < -0.3 is 19.4 Å². The van der Waals surface area contributed by atoms with E-state index >= 15 is 0 Å². The van der Waals surface area contributed by atoms with Gasteiger partial charge in [-0.1, -0.05) is 0 Å². The minimum absolute atomic E-state index is 0.211. The monoisotopic (exact) mass is 481 g/mol. The van der Waals surface area contributed by atoms with Gasteiger partial charge in [0.1, 0.15) is 11.5 Å². The standard InChI is InChI=1S/C25H32FN7O2/c1-17-27-14-23(33(17)20-7-10-35-11-8-20)24-22(26)13-29-25(31-24)30-18-5-6-19(28-12-18)15-32-9-3-4-21(32)16-34-2/h5-6,12-14,20-21H,3-4,7-11,15-16H2,1-2H3,(H,29,30,31)/t21-/m0/s1. The summed E-state index contributed by atoms with van der Waals surface area (Å²) in [6.45, 7) is 5.91. The largest absolute Gasteiger partial charge is 0.383 e. The topological polar surface area (TPSA) is 90.2 Å². The number of aromatic nitrogens is 5. The number of pyridine rings is 1. The highest BCUT2D eigenvalue weighted by molar-refractivity contribution is 5.59. The zero-order valence-electron chi connectivity index (χ0n) is 20.3. The van der Waals surface area contributed by atoms with E-state index in [1.165, 1.54) is 12.6 Å². The summed E-state index contributed by atoms with van der Waals surface area (Å²) in [4.78, 5) is 20.1. The van der Waals surface area contributed by atoms with E-state index in [2.05, 4.69) is 34.7 Å². The molecular formula is C25H32FN7O2. The summed E-state index contributed by atoms with van der Waals surface area (Å²) >= 11 is 0. The molecule has 0 unspecified atom stereocenters. The van der Waals surface area contributed by atoms with Crippen LogP contribution in [0, 0.1) is 12.7 Å². The number of imidazole rings is 1. The van der Waals surface area contributed by atoms with Crippen LogP contribution in [0.3, 0.4) is 0 Å². The van der Waals surface area contributed by atoms with Gasteiger partial charge in [-0.05, 0) is 51.3 Å². The normalized spacial score (nSPS) is 19.3. The number of nitrogens with one attached hydrogen (secondary N) is 1. The van der Waals surface area contributed by atoms with Crippen LogP contribution >= 0.6 is 0 Å². The Balaban J connectivity index is 1.31. The maximum Gasteiger partial charge on any atom is 0.228 e. The minimum Gasteiger partial charge on any atom is -0.383 e. The van der Waals surface area contributed by atoms with Crippen molar-refractivity contribution in [3.63, 3.8) is 0 Å². The van der Waals surface area contributed by atoms with Crippen molar-refractivity contribution in [3.05, 3.63) is 48.1 Å². The Labute approximate surface area is 204 Å². The molecule has 5 rings (SSSR count). The molecule has 2 aliphatic heterocycles. The van der Waals surface area contributed by atoms with Gasteiger partial charge in [0.2, 0.25) is 5.95 Å². The molecule has 3 aromatic rings. The van der Waals surface area contributed by atoms with Crippen LogP contribution in [0.25, 0.3) is 11.4 Å². The van der Waals surface area contributed by atoms with E-state index in [1.807, 2.05) is 19.1 Å². The summed E-state index contributed by atoms with van der Waals surface area (Å²) in [5.74, 6) is 0.673. The Kier molecular flexibility index (Phi) is 7.31. The number of anilines is 2. The van der Waals surface area contributed by atoms with Gasteiger partial charge in [0.25, 0.3) is 0 Å². The lowest BCUT2D eigenvalue weighted by atomic mass is 10.1. The van der Waals surface area contributed by atoms with E-state index in [9.17, 15) is 4.39 Å². The molecule has 2 saturated heterocycles. The summed E-state index contributed by atoms with van der Waals surface area (Å²) in [6.07, 6.45) is 8.72. The van der Waals surface area contributed by atoms with Gasteiger partial charge in [-0.15, -0.1) is 0 Å². The predicted molar refractivity (Wildman–Crippen MR) is 130 cm³/mol. The third-order valence-corrected chi connectivity index (χ3v) is 6.83. The molecule has 0 spiro atoms.